The van der Waals surface area contributed by atoms with E-state index in [9.17, 15) is 18.0 Å². The highest BCUT2D eigenvalue weighted by Crippen LogP contribution is 2.31. The van der Waals surface area contributed by atoms with Crippen LogP contribution in [0.5, 0.6) is 17.2 Å². The standard InChI is InChI=1S/C22H27N3O7S/c1-16-5-2-6-17(13-16)32-15-22(27)25-24-21(26)7-3-10-23-33(28,29)18-8-9-19-20(14-18)31-12-4-11-30-19/h2,5-6,8-9,13-14,23H,3-4,7,10-12,15H2,1H3,(H,24,26)(H,25,27). The molecule has 3 N–H and O–H groups in total. The molecule has 0 aromatic heterocycles. The molecule has 0 saturated heterocycles. The van der Waals surface area contributed by atoms with Gasteiger partial charge in [0.2, 0.25) is 15.9 Å². The first-order chi connectivity index (χ1) is 15.8. The number of hydrazine groups is 1. The quantitative estimate of drug-likeness (QED) is 0.368. The smallest absolute Gasteiger partial charge is 0.276 e. The summed E-state index contributed by atoms with van der Waals surface area (Å²) < 4.78 is 43.8. The van der Waals surface area contributed by atoms with Gasteiger partial charge >= 0.3 is 0 Å². The number of aryl methyl sites for hydroxylation is 1. The zero-order valence-corrected chi connectivity index (χ0v) is 19.1. The van der Waals surface area contributed by atoms with E-state index in [0.29, 0.717) is 30.5 Å². The Hall–Kier alpha value is -3.31. The molecule has 0 atom stereocenters. The lowest BCUT2D eigenvalue weighted by Gasteiger charge is -2.11. The Morgan fingerprint density at radius 3 is 2.55 bits per heavy atom. The molecule has 2 amide bonds. The molecule has 1 aliphatic heterocycles. The zero-order valence-electron chi connectivity index (χ0n) is 18.3. The summed E-state index contributed by atoms with van der Waals surface area (Å²) in [6, 6.07) is 11.7. The summed E-state index contributed by atoms with van der Waals surface area (Å²) in [5, 5.41) is 0. The Morgan fingerprint density at radius 2 is 1.76 bits per heavy atom. The third-order valence-corrected chi connectivity index (χ3v) is 6.06. The van der Waals surface area contributed by atoms with Crippen LogP contribution in [0.1, 0.15) is 24.8 Å². The first-order valence-electron chi connectivity index (χ1n) is 10.5. The van der Waals surface area contributed by atoms with Gasteiger partial charge in [0, 0.05) is 25.5 Å². The summed E-state index contributed by atoms with van der Waals surface area (Å²) in [6.07, 6.45) is 0.977. The number of sulfonamides is 1. The fourth-order valence-corrected chi connectivity index (χ4v) is 4.03. The SMILES string of the molecule is Cc1cccc(OCC(=O)NNC(=O)CCCNS(=O)(=O)c2ccc3c(c2)OCCCO3)c1. The summed E-state index contributed by atoms with van der Waals surface area (Å²) in [6.45, 7) is 2.67. The number of rotatable bonds is 9. The molecule has 2 aromatic rings. The van der Waals surface area contributed by atoms with Crippen LogP contribution < -0.4 is 29.8 Å². The molecule has 178 valence electrons. The number of amides is 2. The van der Waals surface area contributed by atoms with Crippen LogP contribution in [-0.2, 0) is 19.6 Å². The Labute approximate surface area is 192 Å². The number of nitrogens with one attached hydrogen (secondary N) is 3. The van der Waals surface area contributed by atoms with Crippen molar-refractivity contribution in [1.29, 1.82) is 0 Å². The van der Waals surface area contributed by atoms with E-state index in [1.807, 2.05) is 19.1 Å². The minimum absolute atomic E-state index is 0.0165. The van der Waals surface area contributed by atoms with Gasteiger partial charge in [0.1, 0.15) is 5.75 Å². The lowest BCUT2D eigenvalue weighted by atomic mass is 10.2. The van der Waals surface area contributed by atoms with Crippen molar-refractivity contribution in [3.63, 3.8) is 0 Å². The van der Waals surface area contributed by atoms with Crippen LogP contribution in [0.3, 0.4) is 0 Å². The van der Waals surface area contributed by atoms with Crippen LogP contribution in [0, 0.1) is 6.92 Å². The van der Waals surface area contributed by atoms with Crippen molar-refractivity contribution >= 4 is 21.8 Å². The minimum Gasteiger partial charge on any atom is -0.490 e. The summed E-state index contributed by atoms with van der Waals surface area (Å²) in [5.41, 5.74) is 5.53. The van der Waals surface area contributed by atoms with Gasteiger partial charge in [-0.15, -0.1) is 0 Å². The van der Waals surface area contributed by atoms with Crippen molar-refractivity contribution in [1.82, 2.24) is 15.6 Å². The predicted octanol–water partition coefficient (Wildman–Crippen LogP) is 1.44. The molecule has 0 saturated carbocycles. The average Bonchev–Trinajstić information content (AvgIpc) is 3.04. The van der Waals surface area contributed by atoms with Crippen LogP contribution in [0.15, 0.2) is 47.4 Å². The van der Waals surface area contributed by atoms with E-state index in [4.69, 9.17) is 14.2 Å². The molecule has 11 heteroatoms. The Bertz CT molecular complexity index is 1090. The number of carbonyl (C=O) groups excluding carboxylic acids is 2. The molecule has 0 spiro atoms. The topological polar surface area (TPSA) is 132 Å². The molecular formula is C22H27N3O7S. The van der Waals surface area contributed by atoms with E-state index >= 15 is 0 Å². The van der Waals surface area contributed by atoms with Crippen molar-refractivity contribution in [2.75, 3.05) is 26.4 Å². The highest BCUT2D eigenvalue weighted by Gasteiger charge is 2.18. The minimum atomic E-state index is -3.77. The summed E-state index contributed by atoms with van der Waals surface area (Å²) in [5.74, 6) is 0.484. The van der Waals surface area contributed by atoms with Gasteiger partial charge < -0.3 is 14.2 Å². The van der Waals surface area contributed by atoms with Crippen molar-refractivity contribution in [2.24, 2.45) is 0 Å². The number of benzene rings is 2. The number of carbonyl (C=O) groups is 2. The lowest BCUT2D eigenvalue weighted by Crippen LogP contribution is -2.44. The Balaban J connectivity index is 1.35. The largest absolute Gasteiger partial charge is 0.490 e. The van der Waals surface area contributed by atoms with E-state index < -0.39 is 21.8 Å². The molecule has 0 unspecified atom stereocenters. The molecule has 0 bridgehead atoms. The Kier molecular flexibility index (Phi) is 8.50. The van der Waals surface area contributed by atoms with E-state index in [0.717, 1.165) is 12.0 Å². The van der Waals surface area contributed by atoms with Gasteiger partial charge in [-0.05, 0) is 43.2 Å². The highest BCUT2D eigenvalue weighted by molar-refractivity contribution is 7.89. The first-order valence-corrected chi connectivity index (χ1v) is 12.0. The van der Waals surface area contributed by atoms with Crippen molar-refractivity contribution in [3.05, 3.63) is 48.0 Å². The van der Waals surface area contributed by atoms with Crippen molar-refractivity contribution in [2.45, 2.75) is 31.1 Å². The zero-order chi connectivity index (χ0) is 23.7. The summed E-state index contributed by atoms with van der Waals surface area (Å²) in [7, 11) is -3.77. The number of ether oxygens (including phenoxy) is 3. The highest BCUT2D eigenvalue weighted by atomic mass is 32.2. The predicted molar refractivity (Wildman–Crippen MR) is 119 cm³/mol. The van der Waals surface area contributed by atoms with Gasteiger partial charge in [0.25, 0.3) is 5.91 Å². The maximum absolute atomic E-state index is 12.5. The third kappa shape index (κ3) is 7.65. The van der Waals surface area contributed by atoms with Crippen LogP contribution in [0.25, 0.3) is 0 Å². The number of hydrogen-bond donors (Lipinski definition) is 3. The lowest BCUT2D eigenvalue weighted by molar-refractivity contribution is -0.130. The third-order valence-electron chi connectivity index (χ3n) is 4.60. The molecule has 1 aliphatic rings. The van der Waals surface area contributed by atoms with Crippen LogP contribution >= 0.6 is 0 Å². The second-order valence-corrected chi connectivity index (χ2v) is 9.13. The summed E-state index contributed by atoms with van der Waals surface area (Å²) >= 11 is 0. The molecule has 3 rings (SSSR count). The normalized spacial score (nSPS) is 13.0. The fourth-order valence-electron chi connectivity index (χ4n) is 2.94. The van der Waals surface area contributed by atoms with Crippen molar-refractivity contribution in [3.8, 4) is 17.2 Å². The molecule has 2 aromatic carbocycles. The van der Waals surface area contributed by atoms with Crippen molar-refractivity contribution < 1.29 is 32.2 Å². The fraction of sp³-hybridized carbons (Fsp3) is 0.364. The van der Waals surface area contributed by atoms with Gasteiger partial charge in [-0.1, -0.05) is 12.1 Å². The molecule has 10 nitrogen and oxygen atoms in total. The van der Waals surface area contributed by atoms with Gasteiger partial charge in [0.05, 0.1) is 18.1 Å². The van der Waals surface area contributed by atoms with Crippen LogP contribution in [0.2, 0.25) is 0 Å². The van der Waals surface area contributed by atoms with Gasteiger partial charge in [-0.3, -0.25) is 20.4 Å². The van der Waals surface area contributed by atoms with Gasteiger partial charge in [-0.2, -0.15) is 0 Å². The second-order valence-electron chi connectivity index (χ2n) is 7.36. The van der Waals surface area contributed by atoms with E-state index in [1.165, 1.54) is 12.1 Å². The van der Waals surface area contributed by atoms with Gasteiger partial charge in [0.15, 0.2) is 18.1 Å². The summed E-state index contributed by atoms with van der Waals surface area (Å²) in [4.78, 5) is 23.7. The number of fused-ring (bicyclic) bond motifs is 1. The molecule has 0 aliphatic carbocycles. The molecule has 0 radical (unpaired) electrons. The molecular weight excluding hydrogens is 450 g/mol. The molecule has 0 fully saturated rings. The van der Waals surface area contributed by atoms with Gasteiger partial charge in [-0.25, -0.2) is 13.1 Å². The molecule has 1 heterocycles. The first kappa shape index (κ1) is 24.3. The maximum atomic E-state index is 12.5. The average molecular weight is 478 g/mol. The van der Waals surface area contributed by atoms with E-state index in [1.54, 1.807) is 18.2 Å². The maximum Gasteiger partial charge on any atom is 0.276 e. The van der Waals surface area contributed by atoms with Crippen LogP contribution in [0.4, 0.5) is 0 Å². The molecule has 33 heavy (non-hydrogen) atoms. The van der Waals surface area contributed by atoms with Crippen LogP contribution in [-0.4, -0.2) is 46.6 Å². The van der Waals surface area contributed by atoms with E-state index in [2.05, 4.69) is 15.6 Å². The monoisotopic (exact) mass is 477 g/mol. The second kappa shape index (κ2) is 11.5. The van der Waals surface area contributed by atoms with E-state index in [-0.39, 0.29) is 30.9 Å². The number of hydrogen-bond acceptors (Lipinski definition) is 7. The Morgan fingerprint density at radius 1 is 1.00 bits per heavy atom.